The van der Waals surface area contributed by atoms with Crippen LogP contribution < -0.4 is 10.6 Å². The topological polar surface area (TPSA) is 87.9 Å². The Morgan fingerprint density at radius 1 is 1.20 bits per heavy atom. The van der Waals surface area contributed by atoms with Gasteiger partial charge in [-0.2, -0.15) is 0 Å². The summed E-state index contributed by atoms with van der Waals surface area (Å²) < 4.78 is 1.92. The highest BCUT2D eigenvalue weighted by molar-refractivity contribution is 5.78. The lowest BCUT2D eigenvalue weighted by Crippen LogP contribution is -2.42. The molecule has 8 nitrogen and oxygen atoms in total. The van der Waals surface area contributed by atoms with Crippen LogP contribution in [0, 0.1) is 5.92 Å². The molecule has 1 atom stereocenters. The Morgan fingerprint density at radius 2 is 2.08 bits per heavy atom. The number of aromatic nitrogens is 4. The van der Waals surface area contributed by atoms with E-state index in [-0.39, 0.29) is 0 Å². The Hall–Kier alpha value is -2.38. The van der Waals surface area contributed by atoms with E-state index in [1.165, 1.54) is 25.7 Å². The number of nitrogens with zero attached hydrogens (tertiary/aromatic N) is 7. The third kappa shape index (κ3) is 3.52. The first-order valence-electron chi connectivity index (χ1n) is 9.25. The van der Waals surface area contributed by atoms with E-state index >= 15 is 0 Å². The molecule has 8 heteroatoms. The molecule has 2 fully saturated rings. The van der Waals surface area contributed by atoms with Gasteiger partial charge in [-0.1, -0.05) is 0 Å². The van der Waals surface area contributed by atoms with Crippen molar-refractivity contribution < 1.29 is 0 Å². The molecule has 0 aliphatic carbocycles. The predicted molar refractivity (Wildman–Crippen MR) is 97.6 cm³/mol. The number of hydrogen-bond donors (Lipinski definition) is 1. The first kappa shape index (κ1) is 16.1. The normalized spacial score (nSPS) is 22.6. The molecule has 2 N–H and O–H groups in total. The fraction of sp³-hybridized carbons (Fsp3) is 0.647. The quantitative estimate of drug-likeness (QED) is 0.665. The highest BCUT2D eigenvalue weighted by Crippen LogP contribution is 2.24. The van der Waals surface area contributed by atoms with Crippen molar-refractivity contribution in [1.82, 2.24) is 24.5 Å². The van der Waals surface area contributed by atoms with Crippen molar-refractivity contribution in [3.63, 3.8) is 0 Å². The second kappa shape index (κ2) is 7.25. The number of guanidine groups is 1. The van der Waals surface area contributed by atoms with Crippen LogP contribution >= 0.6 is 0 Å². The SMILES string of the molecule is NC(=NCC1CCCN(c2nccn3cnnc23)C1)N1CCCCC1. The first-order valence-corrected chi connectivity index (χ1v) is 9.25. The molecule has 0 aromatic carbocycles. The average molecular weight is 342 g/mol. The summed E-state index contributed by atoms with van der Waals surface area (Å²) in [5, 5.41) is 8.20. The monoisotopic (exact) mass is 342 g/mol. The number of nitrogens with two attached hydrogens (primary N) is 1. The number of rotatable bonds is 3. The highest BCUT2D eigenvalue weighted by Gasteiger charge is 2.23. The summed E-state index contributed by atoms with van der Waals surface area (Å²) in [4.78, 5) is 13.8. The van der Waals surface area contributed by atoms with E-state index < -0.39 is 0 Å². The molecule has 0 bridgehead atoms. The Kier molecular flexibility index (Phi) is 4.67. The van der Waals surface area contributed by atoms with Crippen molar-refractivity contribution in [3.8, 4) is 0 Å². The number of hydrogen-bond acceptors (Lipinski definition) is 5. The molecule has 2 aromatic heterocycles. The number of fused-ring (bicyclic) bond motifs is 1. The summed E-state index contributed by atoms with van der Waals surface area (Å²) in [5.41, 5.74) is 7.02. The molecule has 0 amide bonds. The molecule has 0 spiro atoms. The van der Waals surface area contributed by atoms with Crippen LogP contribution in [0.25, 0.3) is 5.65 Å². The molecular formula is C17H26N8. The van der Waals surface area contributed by atoms with Crippen molar-refractivity contribution in [3.05, 3.63) is 18.7 Å². The van der Waals surface area contributed by atoms with Crippen molar-refractivity contribution in [2.45, 2.75) is 32.1 Å². The van der Waals surface area contributed by atoms with Crippen molar-refractivity contribution in [1.29, 1.82) is 0 Å². The van der Waals surface area contributed by atoms with Gasteiger partial charge in [0, 0.05) is 45.1 Å². The van der Waals surface area contributed by atoms with Crippen molar-refractivity contribution in [2.24, 2.45) is 16.6 Å². The third-order valence-corrected chi connectivity index (χ3v) is 5.21. The summed E-state index contributed by atoms with van der Waals surface area (Å²) in [7, 11) is 0. The van der Waals surface area contributed by atoms with Gasteiger partial charge in [-0.25, -0.2) is 4.98 Å². The Balaban J connectivity index is 1.42. The average Bonchev–Trinajstić information content (AvgIpc) is 3.16. The van der Waals surface area contributed by atoms with E-state index in [1.54, 1.807) is 6.33 Å². The van der Waals surface area contributed by atoms with Crippen LogP contribution in [0.15, 0.2) is 23.7 Å². The fourth-order valence-electron chi connectivity index (χ4n) is 3.82. The highest BCUT2D eigenvalue weighted by atomic mass is 15.3. The van der Waals surface area contributed by atoms with Crippen LogP contribution in [0.2, 0.25) is 0 Å². The van der Waals surface area contributed by atoms with Gasteiger partial charge in [0.15, 0.2) is 11.8 Å². The van der Waals surface area contributed by atoms with E-state index in [9.17, 15) is 0 Å². The van der Waals surface area contributed by atoms with Crippen LogP contribution in [0.3, 0.4) is 0 Å². The lowest BCUT2D eigenvalue weighted by atomic mass is 9.98. The maximum absolute atomic E-state index is 6.20. The first-order chi connectivity index (χ1) is 12.3. The van der Waals surface area contributed by atoms with Crippen molar-refractivity contribution in [2.75, 3.05) is 37.6 Å². The van der Waals surface area contributed by atoms with Gasteiger partial charge in [-0.15, -0.1) is 10.2 Å². The van der Waals surface area contributed by atoms with Crippen LogP contribution in [0.5, 0.6) is 0 Å². The smallest absolute Gasteiger partial charge is 0.203 e. The van der Waals surface area contributed by atoms with E-state index in [1.807, 2.05) is 16.8 Å². The largest absolute Gasteiger partial charge is 0.370 e. The lowest BCUT2D eigenvalue weighted by Gasteiger charge is -2.33. The van der Waals surface area contributed by atoms with Crippen LogP contribution in [-0.4, -0.2) is 63.2 Å². The minimum Gasteiger partial charge on any atom is -0.370 e. The van der Waals surface area contributed by atoms with Crippen LogP contribution in [-0.2, 0) is 0 Å². The zero-order valence-corrected chi connectivity index (χ0v) is 14.6. The van der Waals surface area contributed by atoms with Gasteiger partial charge >= 0.3 is 0 Å². The molecular weight excluding hydrogens is 316 g/mol. The number of aliphatic imine (C=N–C) groups is 1. The summed E-state index contributed by atoms with van der Waals surface area (Å²) in [6.45, 7) is 4.82. The van der Waals surface area contributed by atoms with Crippen molar-refractivity contribution >= 4 is 17.4 Å². The maximum Gasteiger partial charge on any atom is 0.203 e. The van der Waals surface area contributed by atoms with Gasteiger partial charge in [-0.3, -0.25) is 9.39 Å². The van der Waals surface area contributed by atoms with E-state index in [0.717, 1.165) is 56.6 Å². The van der Waals surface area contributed by atoms with Gasteiger partial charge in [-0.05, 0) is 38.0 Å². The second-order valence-corrected chi connectivity index (χ2v) is 7.01. The summed E-state index contributed by atoms with van der Waals surface area (Å²) in [6.07, 6.45) is 11.5. The molecule has 0 saturated carbocycles. The molecule has 2 aromatic rings. The van der Waals surface area contributed by atoms with Crippen LogP contribution in [0.1, 0.15) is 32.1 Å². The third-order valence-electron chi connectivity index (χ3n) is 5.21. The van der Waals surface area contributed by atoms with Gasteiger partial charge in [0.25, 0.3) is 0 Å². The number of anilines is 1. The Morgan fingerprint density at radius 3 is 2.96 bits per heavy atom. The van der Waals surface area contributed by atoms with Gasteiger partial charge < -0.3 is 15.5 Å². The fourth-order valence-corrected chi connectivity index (χ4v) is 3.82. The molecule has 0 radical (unpaired) electrons. The standard InChI is InChI=1S/C17H26N8/c18-17(23-7-2-1-3-8-23)20-11-14-5-4-9-24(12-14)15-16-22-21-13-25(16)10-6-19-15/h6,10,13-14H,1-5,7-9,11-12H2,(H2,18,20). The minimum atomic E-state index is 0.502. The molecule has 4 heterocycles. The summed E-state index contributed by atoms with van der Waals surface area (Å²) >= 11 is 0. The molecule has 4 rings (SSSR count). The Labute approximate surface area is 147 Å². The molecule has 2 aliphatic heterocycles. The number of piperidine rings is 2. The second-order valence-electron chi connectivity index (χ2n) is 7.01. The maximum atomic E-state index is 6.20. The molecule has 1 unspecified atom stereocenters. The predicted octanol–water partition coefficient (Wildman–Crippen LogP) is 1.14. The zero-order chi connectivity index (χ0) is 17.1. The van der Waals surface area contributed by atoms with Crippen LogP contribution in [0.4, 0.5) is 5.82 Å². The summed E-state index contributed by atoms with van der Waals surface area (Å²) in [6, 6.07) is 0. The van der Waals surface area contributed by atoms with Gasteiger partial charge in [0.1, 0.15) is 6.33 Å². The number of likely N-dealkylation sites (tertiary alicyclic amines) is 1. The molecule has 2 saturated heterocycles. The molecule has 134 valence electrons. The Bertz CT molecular complexity index is 733. The van der Waals surface area contributed by atoms with E-state index in [0.29, 0.717) is 5.92 Å². The summed E-state index contributed by atoms with van der Waals surface area (Å²) in [5.74, 6) is 2.13. The molecule has 2 aliphatic rings. The lowest BCUT2D eigenvalue weighted by molar-refractivity contribution is 0.336. The molecule has 25 heavy (non-hydrogen) atoms. The zero-order valence-electron chi connectivity index (χ0n) is 14.6. The van der Waals surface area contributed by atoms with Gasteiger partial charge in [0.05, 0.1) is 0 Å². The van der Waals surface area contributed by atoms with E-state index in [4.69, 9.17) is 10.7 Å². The minimum absolute atomic E-state index is 0.502. The van der Waals surface area contributed by atoms with E-state index in [2.05, 4.69) is 25.0 Å². The van der Waals surface area contributed by atoms with Gasteiger partial charge in [0.2, 0.25) is 5.65 Å².